The van der Waals surface area contributed by atoms with Gasteiger partial charge in [-0.2, -0.15) is 0 Å². The molecule has 0 radical (unpaired) electrons. The van der Waals surface area contributed by atoms with Crippen LogP contribution in [0.25, 0.3) is 0 Å². The van der Waals surface area contributed by atoms with Gasteiger partial charge in [0.05, 0.1) is 0 Å². The molecule has 1 rings (SSSR count). The van der Waals surface area contributed by atoms with E-state index in [1.54, 1.807) is 17.8 Å². The summed E-state index contributed by atoms with van der Waals surface area (Å²) in [7, 11) is 0. The standard InChI is InChI=1S/C12H14ClNO3S/c1-7(15)14-11(12(16)17)6-8-5-9(18-2)3-4-10(8)13/h3-5,11H,6H2,1-2H3,(H,14,15)(H,16,17). The molecule has 1 amide bonds. The van der Waals surface area contributed by atoms with Crippen molar-refractivity contribution in [2.45, 2.75) is 24.3 Å². The number of hydrogen-bond acceptors (Lipinski definition) is 3. The monoisotopic (exact) mass is 287 g/mol. The molecule has 0 spiro atoms. The fourth-order valence-electron chi connectivity index (χ4n) is 1.50. The number of carbonyl (C=O) groups excluding carboxylic acids is 1. The number of aliphatic carboxylic acids is 1. The third-order valence-electron chi connectivity index (χ3n) is 2.35. The lowest BCUT2D eigenvalue weighted by atomic mass is 10.1. The van der Waals surface area contributed by atoms with E-state index in [0.29, 0.717) is 10.6 Å². The Labute approximate surface area is 115 Å². The number of thioether (sulfide) groups is 1. The number of carbonyl (C=O) groups is 2. The van der Waals surface area contributed by atoms with E-state index in [2.05, 4.69) is 5.32 Å². The maximum atomic E-state index is 11.0. The summed E-state index contributed by atoms with van der Waals surface area (Å²) in [4.78, 5) is 23.0. The summed E-state index contributed by atoms with van der Waals surface area (Å²) < 4.78 is 0. The van der Waals surface area contributed by atoms with Crippen molar-refractivity contribution in [2.75, 3.05) is 6.26 Å². The van der Waals surface area contributed by atoms with Gasteiger partial charge in [-0.25, -0.2) is 4.79 Å². The molecule has 0 bridgehead atoms. The maximum Gasteiger partial charge on any atom is 0.326 e. The highest BCUT2D eigenvalue weighted by Crippen LogP contribution is 2.24. The first-order valence-electron chi connectivity index (χ1n) is 5.26. The fourth-order valence-corrected chi connectivity index (χ4v) is 2.16. The molecule has 1 atom stereocenters. The second-order valence-corrected chi connectivity index (χ2v) is 5.04. The van der Waals surface area contributed by atoms with E-state index < -0.39 is 12.0 Å². The van der Waals surface area contributed by atoms with Crippen molar-refractivity contribution in [3.05, 3.63) is 28.8 Å². The number of carboxylic acids is 1. The average molecular weight is 288 g/mol. The molecule has 0 aliphatic rings. The van der Waals surface area contributed by atoms with Gasteiger partial charge in [0.2, 0.25) is 5.91 Å². The highest BCUT2D eigenvalue weighted by Gasteiger charge is 2.20. The number of nitrogens with one attached hydrogen (secondary N) is 1. The molecule has 6 heteroatoms. The average Bonchev–Trinajstić information content (AvgIpc) is 2.30. The summed E-state index contributed by atoms with van der Waals surface area (Å²) in [5.74, 6) is -1.45. The molecule has 0 fully saturated rings. The Balaban J connectivity index is 2.92. The first kappa shape index (κ1) is 14.9. The summed E-state index contributed by atoms with van der Waals surface area (Å²) in [5, 5.41) is 11.9. The van der Waals surface area contributed by atoms with E-state index in [4.69, 9.17) is 16.7 Å². The quantitative estimate of drug-likeness (QED) is 0.815. The Hall–Kier alpha value is -1.20. The zero-order chi connectivity index (χ0) is 13.7. The van der Waals surface area contributed by atoms with Gasteiger partial charge in [-0.1, -0.05) is 11.6 Å². The Kier molecular flexibility index (Phi) is 5.50. The Morgan fingerprint density at radius 3 is 2.67 bits per heavy atom. The second kappa shape index (κ2) is 6.66. The number of halogens is 1. The highest BCUT2D eigenvalue weighted by atomic mass is 35.5. The van der Waals surface area contributed by atoms with Gasteiger partial charge >= 0.3 is 5.97 Å². The molecule has 2 N–H and O–H groups in total. The molecular formula is C12H14ClNO3S. The minimum atomic E-state index is -1.07. The summed E-state index contributed by atoms with van der Waals surface area (Å²) in [6, 6.07) is 4.47. The number of amides is 1. The van der Waals surface area contributed by atoms with Gasteiger partial charge in [-0.15, -0.1) is 11.8 Å². The molecule has 0 saturated carbocycles. The fraction of sp³-hybridized carbons (Fsp3) is 0.333. The van der Waals surface area contributed by atoms with Gasteiger partial charge in [-0.3, -0.25) is 4.79 Å². The van der Waals surface area contributed by atoms with E-state index in [0.717, 1.165) is 4.90 Å². The molecule has 1 aromatic carbocycles. The van der Waals surface area contributed by atoms with Crippen molar-refractivity contribution in [3.8, 4) is 0 Å². The largest absolute Gasteiger partial charge is 0.480 e. The van der Waals surface area contributed by atoms with Crippen LogP contribution in [0.3, 0.4) is 0 Å². The Morgan fingerprint density at radius 1 is 1.50 bits per heavy atom. The lowest BCUT2D eigenvalue weighted by Gasteiger charge is -2.14. The molecule has 98 valence electrons. The molecule has 0 aliphatic carbocycles. The van der Waals surface area contributed by atoms with Crippen LogP contribution in [0.1, 0.15) is 12.5 Å². The van der Waals surface area contributed by atoms with Crippen molar-refractivity contribution in [2.24, 2.45) is 0 Å². The van der Waals surface area contributed by atoms with Crippen LogP contribution >= 0.6 is 23.4 Å². The lowest BCUT2D eigenvalue weighted by Crippen LogP contribution is -2.41. The van der Waals surface area contributed by atoms with Crippen molar-refractivity contribution in [1.29, 1.82) is 0 Å². The van der Waals surface area contributed by atoms with Crippen LogP contribution in [0.2, 0.25) is 5.02 Å². The zero-order valence-corrected chi connectivity index (χ0v) is 11.6. The summed E-state index contributed by atoms with van der Waals surface area (Å²) in [6.07, 6.45) is 2.09. The smallest absolute Gasteiger partial charge is 0.326 e. The number of carboxylic acid groups (broad SMARTS) is 1. The first-order chi connectivity index (χ1) is 8.43. The van der Waals surface area contributed by atoms with E-state index in [-0.39, 0.29) is 12.3 Å². The lowest BCUT2D eigenvalue weighted by molar-refractivity contribution is -0.141. The predicted octanol–water partition coefficient (Wildman–Crippen LogP) is 2.19. The summed E-state index contributed by atoms with van der Waals surface area (Å²) >= 11 is 7.57. The van der Waals surface area contributed by atoms with Gasteiger partial charge in [0.1, 0.15) is 6.04 Å². The zero-order valence-electron chi connectivity index (χ0n) is 10.1. The third kappa shape index (κ3) is 4.23. The molecule has 4 nitrogen and oxygen atoms in total. The molecule has 0 aromatic heterocycles. The second-order valence-electron chi connectivity index (χ2n) is 3.75. The summed E-state index contributed by atoms with van der Waals surface area (Å²) in [6.45, 7) is 1.29. The van der Waals surface area contributed by atoms with Crippen LogP contribution in [-0.4, -0.2) is 29.3 Å². The molecular weight excluding hydrogens is 274 g/mol. The minimum Gasteiger partial charge on any atom is -0.480 e. The normalized spacial score (nSPS) is 11.9. The molecule has 0 heterocycles. The SMILES string of the molecule is CSc1ccc(Cl)c(CC(NC(C)=O)C(=O)O)c1. The van der Waals surface area contributed by atoms with Crippen molar-refractivity contribution in [3.63, 3.8) is 0 Å². The van der Waals surface area contributed by atoms with Crippen LogP contribution in [0, 0.1) is 0 Å². The predicted molar refractivity (Wildman–Crippen MR) is 72.2 cm³/mol. The number of benzene rings is 1. The molecule has 0 aliphatic heterocycles. The maximum absolute atomic E-state index is 11.0. The molecule has 18 heavy (non-hydrogen) atoms. The number of hydrogen-bond donors (Lipinski definition) is 2. The van der Waals surface area contributed by atoms with Crippen LogP contribution < -0.4 is 5.32 Å². The first-order valence-corrected chi connectivity index (χ1v) is 6.86. The Bertz CT molecular complexity index is 465. The van der Waals surface area contributed by atoms with Crippen LogP contribution in [0.15, 0.2) is 23.1 Å². The highest BCUT2D eigenvalue weighted by molar-refractivity contribution is 7.98. The van der Waals surface area contributed by atoms with Gasteiger partial charge in [0, 0.05) is 23.3 Å². The van der Waals surface area contributed by atoms with Crippen molar-refractivity contribution >= 4 is 35.2 Å². The van der Waals surface area contributed by atoms with Crippen molar-refractivity contribution in [1.82, 2.24) is 5.32 Å². The van der Waals surface area contributed by atoms with Crippen LogP contribution in [0.4, 0.5) is 0 Å². The Morgan fingerprint density at radius 2 is 2.17 bits per heavy atom. The topological polar surface area (TPSA) is 66.4 Å². The minimum absolute atomic E-state index is 0.169. The summed E-state index contributed by atoms with van der Waals surface area (Å²) in [5.41, 5.74) is 0.713. The van der Waals surface area contributed by atoms with E-state index in [1.807, 2.05) is 18.4 Å². The van der Waals surface area contributed by atoms with Gasteiger partial charge in [0.25, 0.3) is 0 Å². The van der Waals surface area contributed by atoms with Gasteiger partial charge in [0.15, 0.2) is 0 Å². The van der Waals surface area contributed by atoms with E-state index >= 15 is 0 Å². The van der Waals surface area contributed by atoms with Crippen LogP contribution in [-0.2, 0) is 16.0 Å². The molecule has 1 aromatic rings. The van der Waals surface area contributed by atoms with E-state index in [1.165, 1.54) is 6.92 Å². The number of rotatable bonds is 5. The third-order valence-corrected chi connectivity index (χ3v) is 3.45. The van der Waals surface area contributed by atoms with Gasteiger partial charge < -0.3 is 10.4 Å². The molecule has 0 saturated heterocycles. The van der Waals surface area contributed by atoms with Crippen LogP contribution in [0.5, 0.6) is 0 Å². The van der Waals surface area contributed by atoms with E-state index in [9.17, 15) is 9.59 Å². The molecule has 1 unspecified atom stereocenters. The van der Waals surface area contributed by atoms with Crippen molar-refractivity contribution < 1.29 is 14.7 Å². The van der Waals surface area contributed by atoms with Gasteiger partial charge in [-0.05, 0) is 30.0 Å².